The van der Waals surface area contributed by atoms with E-state index in [2.05, 4.69) is 5.32 Å². The van der Waals surface area contributed by atoms with Gasteiger partial charge >= 0.3 is 0 Å². The van der Waals surface area contributed by atoms with Crippen LogP contribution < -0.4 is 11.1 Å². The molecule has 4 N–H and O–H groups in total. The number of aliphatic hydroxyl groups is 1. The first-order valence-electron chi connectivity index (χ1n) is 5.72. The predicted octanol–water partition coefficient (Wildman–Crippen LogP) is 1.47. The van der Waals surface area contributed by atoms with Gasteiger partial charge < -0.3 is 16.2 Å². The summed E-state index contributed by atoms with van der Waals surface area (Å²) >= 11 is 0. The van der Waals surface area contributed by atoms with E-state index in [0.717, 1.165) is 5.56 Å². The molecule has 0 saturated heterocycles. The molecule has 0 aromatic heterocycles. The number of nitrogens with one attached hydrogen (secondary N) is 1. The lowest BCUT2D eigenvalue weighted by Crippen LogP contribution is -2.40. The molecule has 94 valence electrons. The van der Waals surface area contributed by atoms with E-state index in [1.54, 1.807) is 25.1 Å². The number of nitrogens with two attached hydrogens (primary N) is 1. The van der Waals surface area contributed by atoms with Crippen LogP contribution in [-0.4, -0.2) is 23.2 Å². The van der Waals surface area contributed by atoms with Gasteiger partial charge in [0.05, 0.1) is 5.60 Å². The number of hydrogen-bond acceptors (Lipinski definition) is 3. The number of carbonyl (C=O) groups is 1. The van der Waals surface area contributed by atoms with Gasteiger partial charge in [0, 0.05) is 17.8 Å². The molecule has 0 heterocycles. The molecule has 0 aliphatic rings. The van der Waals surface area contributed by atoms with Crippen molar-refractivity contribution in [3.05, 3.63) is 29.3 Å². The predicted molar refractivity (Wildman–Crippen MR) is 68.8 cm³/mol. The first-order valence-corrected chi connectivity index (χ1v) is 5.72. The smallest absolute Gasteiger partial charge is 0.251 e. The standard InChI is InChI=1S/C13H20N2O2/c1-4-13(3,17)8-15-12(16)10-5-6-11(14)9(2)7-10/h5-7,17H,4,8,14H2,1-3H3,(H,15,16). The van der Waals surface area contributed by atoms with Gasteiger partial charge in [-0.05, 0) is 44.0 Å². The molecule has 0 aliphatic heterocycles. The number of anilines is 1. The molecule has 1 rings (SSSR count). The summed E-state index contributed by atoms with van der Waals surface area (Å²) in [5.74, 6) is -0.193. The van der Waals surface area contributed by atoms with Gasteiger partial charge in [0.15, 0.2) is 0 Å². The van der Waals surface area contributed by atoms with Crippen LogP contribution in [0.5, 0.6) is 0 Å². The Kier molecular flexibility index (Phi) is 4.12. The lowest BCUT2D eigenvalue weighted by molar-refractivity contribution is 0.0518. The van der Waals surface area contributed by atoms with Crippen LogP contribution in [0.3, 0.4) is 0 Å². The van der Waals surface area contributed by atoms with Crippen LogP contribution in [0.1, 0.15) is 36.2 Å². The highest BCUT2D eigenvalue weighted by Gasteiger charge is 2.18. The van der Waals surface area contributed by atoms with Crippen molar-refractivity contribution in [3.63, 3.8) is 0 Å². The minimum atomic E-state index is -0.863. The van der Waals surface area contributed by atoms with Gasteiger partial charge in [-0.2, -0.15) is 0 Å². The molecule has 0 bridgehead atoms. The molecule has 17 heavy (non-hydrogen) atoms. The van der Waals surface area contributed by atoms with E-state index in [-0.39, 0.29) is 12.5 Å². The Morgan fingerprint density at radius 3 is 2.71 bits per heavy atom. The van der Waals surface area contributed by atoms with Crippen LogP contribution in [0.25, 0.3) is 0 Å². The third-order valence-electron chi connectivity index (χ3n) is 2.92. The van der Waals surface area contributed by atoms with Crippen molar-refractivity contribution in [2.75, 3.05) is 12.3 Å². The fraction of sp³-hybridized carbons (Fsp3) is 0.462. The molecule has 1 unspecified atom stereocenters. The van der Waals surface area contributed by atoms with Crippen molar-refractivity contribution in [2.45, 2.75) is 32.8 Å². The van der Waals surface area contributed by atoms with Crippen molar-refractivity contribution in [2.24, 2.45) is 0 Å². The van der Waals surface area contributed by atoms with Crippen molar-refractivity contribution < 1.29 is 9.90 Å². The second-order valence-electron chi connectivity index (χ2n) is 4.60. The average Bonchev–Trinajstić information content (AvgIpc) is 2.30. The number of hydrogen-bond donors (Lipinski definition) is 3. The molecule has 4 nitrogen and oxygen atoms in total. The monoisotopic (exact) mass is 236 g/mol. The molecule has 1 atom stereocenters. The SMILES string of the molecule is CCC(C)(O)CNC(=O)c1ccc(N)c(C)c1. The van der Waals surface area contributed by atoms with Crippen LogP contribution in [-0.2, 0) is 0 Å². The summed E-state index contributed by atoms with van der Waals surface area (Å²) in [6, 6.07) is 5.13. The fourth-order valence-electron chi connectivity index (χ4n) is 1.31. The summed E-state index contributed by atoms with van der Waals surface area (Å²) in [6.45, 7) is 5.67. The van der Waals surface area contributed by atoms with Gasteiger partial charge in [0.25, 0.3) is 5.91 Å². The molecular formula is C13H20N2O2. The van der Waals surface area contributed by atoms with Gasteiger partial charge in [0.2, 0.25) is 0 Å². The zero-order valence-electron chi connectivity index (χ0n) is 10.6. The summed E-state index contributed by atoms with van der Waals surface area (Å²) in [5.41, 5.74) is 6.92. The maximum atomic E-state index is 11.8. The third-order valence-corrected chi connectivity index (χ3v) is 2.92. The number of aryl methyl sites for hydroxylation is 1. The van der Waals surface area contributed by atoms with E-state index in [4.69, 9.17) is 5.73 Å². The maximum absolute atomic E-state index is 11.8. The summed E-state index contributed by atoms with van der Waals surface area (Å²) in [5, 5.41) is 12.5. The van der Waals surface area contributed by atoms with Crippen LogP contribution >= 0.6 is 0 Å². The van der Waals surface area contributed by atoms with E-state index in [0.29, 0.717) is 17.7 Å². The molecule has 1 aromatic rings. The second-order valence-corrected chi connectivity index (χ2v) is 4.60. The molecule has 0 fully saturated rings. The van der Waals surface area contributed by atoms with Gasteiger partial charge in [-0.1, -0.05) is 6.92 Å². The molecule has 0 radical (unpaired) electrons. The number of amides is 1. The van der Waals surface area contributed by atoms with Crippen LogP contribution in [0.4, 0.5) is 5.69 Å². The minimum absolute atomic E-state index is 0.193. The topological polar surface area (TPSA) is 75.3 Å². The largest absolute Gasteiger partial charge is 0.399 e. The molecule has 0 saturated carbocycles. The highest BCUT2D eigenvalue weighted by atomic mass is 16.3. The zero-order chi connectivity index (χ0) is 13.1. The molecule has 0 spiro atoms. The van der Waals surface area contributed by atoms with Gasteiger partial charge in [-0.15, -0.1) is 0 Å². The normalized spacial score (nSPS) is 14.1. The third kappa shape index (κ3) is 3.75. The fourth-order valence-corrected chi connectivity index (χ4v) is 1.31. The molecule has 1 aromatic carbocycles. The Balaban J connectivity index is 2.68. The Bertz CT molecular complexity index is 414. The minimum Gasteiger partial charge on any atom is -0.399 e. The van der Waals surface area contributed by atoms with Gasteiger partial charge in [-0.3, -0.25) is 4.79 Å². The maximum Gasteiger partial charge on any atom is 0.251 e. The first-order chi connectivity index (χ1) is 7.85. The summed E-state index contributed by atoms with van der Waals surface area (Å²) in [6.07, 6.45) is 0.591. The Hall–Kier alpha value is -1.55. The Labute approximate surface area is 102 Å². The summed E-state index contributed by atoms with van der Waals surface area (Å²) < 4.78 is 0. The Morgan fingerprint density at radius 2 is 2.18 bits per heavy atom. The Morgan fingerprint density at radius 1 is 1.53 bits per heavy atom. The molecule has 0 aliphatic carbocycles. The highest BCUT2D eigenvalue weighted by molar-refractivity contribution is 5.94. The van der Waals surface area contributed by atoms with Crippen LogP contribution in [0.15, 0.2) is 18.2 Å². The van der Waals surface area contributed by atoms with Gasteiger partial charge in [0.1, 0.15) is 0 Å². The zero-order valence-corrected chi connectivity index (χ0v) is 10.6. The van der Waals surface area contributed by atoms with Crippen molar-refractivity contribution in [1.82, 2.24) is 5.32 Å². The van der Waals surface area contributed by atoms with Crippen molar-refractivity contribution >= 4 is 11.6 Å². The van der Waals surface area contributed by atoms with E-state index >= 15 is 0 Å². The van der Waals surface area contributed by atoms with Gasteiger partial charge in [-0.25, -0.2) is 0 Å². The number of carbonyl (C=O) groups excluding carboxylic acids is 1. The number of benzene rings is 1. The average molecular weight is 236 g/mol. The lowest BCUT2D eigenvalue weighted by atomic mass is 10.0. The first kappa shape index (κ1) is 13.5. The number of nitrogen functional groups attached to an aromatic ring is 1. The quantitative estimate of drug-likeness (QED) is 0.693. The van der Waals surface area contributed by atoms with E-state index in [1.807, 2.05) is 13.8 Å². The second kappa shape index (κ2) is 5.19. The van der Waals surface area contributed by atoms with E-state index in [1.165, 1.54) is 0 Å². The molecule has 1 amide bonds. The lowest BCUT2D eigenvalue weighted by Gasteiger charge is -2.21. The van der Waals surface area contributed by atoms with Crippen molar-refractivity contribution in [1.29, 1.82) is 0 Å². The molecular weight excluding hydrogens is 216 g/mol. The highest BCUT2D eigenvalue weighted by Crippen LogP contribution is 2.13. The van der Waals surface area contributed by atoms with Crippen LogP contribution in [0.2, 0.25) is 0 Å². The van der Waals surface area contributed by atoms with Crippen LogP contribution in [0, 0.1) is 6.92 Å². The van der Waals surface area contributed by atoms with E-state index in [9.17, 15) is 9.90 Å². The van der Waals surface area contributed by atoms with E-state index < -0.39 is 5.60 Å². The number of rotatable bonds is 4. The van der Waals surface area contributed by atoms with Crippen molar-refractivity contribution in [3.8, 4) is 0 Å². The molecule has 4 heteroatoms. The summed E-state index contributed by atoms with van der Waals surface area (Å²) in [4.78, 5) is 11.8. The summed E-state index contributed by atoms with van der Waals surface area (Å²) in [7, 11) is 0.